The van der Waals surface area contributed by atoms with E-state index < -0.39 is 12.0 Å². The number of hydrogen-bond acceptors (Lipinski definition) is 3. The summed E-state index contributed by atoms with van der Waals surface area (Å²) in [5.74, 6) is -1.44. The third kappa shape index (κ3) is 3.37. The van der Waals surface area contributed by atoms with Crippen molar-refractivity contribution in [3.05, 3.63) is 35.0 Å². The van der Waals surface area contributed by atoms with E-state index >= 15 is 0 Å². The summed E-state index contributed by atoms with van der Waals surface area (Å²) in [6, 6.07) is 4.50. The number of nitrogens with zero attached hydrogens (tertiary/aromatic N) is 1. The number of aromatic nitrogens is 1. The number of aliphatic carboxylic acids is 1. The van der Waals surface area contributed by atoms with Crippen molar-refractivity contribution in [3.8, 4) is 0 Å². The Morgan fingerprint density at radius 1 is 1.35 bits per heavy atom. The van der Waals surface area contributed by atoms with Gasteiger partial charge in [-0.1, -0.05) is 0 Å². The zero-order chi connectivity index (χ0) is 17.1. The molecule has 1 aromatic carbocycles. The molecule has 2 aromatic rings. The van der Waals surface area contributed by atoms with Crippen LogP contribution in [0.3, 0.4) is 0 Å². The fourth-order valence-electron chi connectivity index (χ4n) is 2.60. The molecule has 6 heteroatoms. The molecule has 0 fully saturated rings. The number of ether oxygens (including phenoxy) is 1. The number of methoxy groups -OCH3 is 1. The highest BCUT2D eigenvalue weighted by Gasteiger charge is 2.17. The number of benzene rings is 1. The number of aryl methyl sites for hydroxylation is 1. The number of carbonyl (C=O) groups is 2. The van der Waals surface area contributed by atoms with Crippen molar-refractivity contribution in [2.45, 2.75) is 33.4 Å². The standard InChI is InChI=1S/C17H22N2O4/c1-10-12(3)19(7-8-23-4)15-6-5-13(9-14(10)15)16(20)18-11(2)17(21)22/h5-6,9,11H,7-8H2,1-4H3,(H,18,20)(H,21,22). The number of amides is 1. The lowest BCUT2D eigenvalue weighted by molar-refractivity contribution is -0.138. The number of carbonyl (C=O) groups excluding carboxylic acids is 1. The van der Waals surface area contributed by atoms with Crippen LogP contribution in [0.5, 0.6) is 0 Å². The molecule has 1 atom stereocenters. The van der Waals surface area contributed by atoms with Gasteiger partial charge >= 0.3 is 5.97 Å². The summed E-state index contributed by atoms with van der Waals surface area (Å²) in [7, 11) is 1.67. The van der Waals surface area contributed by atoms with Gasteiger partial charge in [0.25, 0.3) is 5.91 Å². The quantitative estimate of drug-likeness (QED) is 0.855. The second-order valence-corrected chi connectivity index (χ2v) is 5.62. The van der Waals surface area contributed by atoms with Gasteiger partial charge in [0.2, 0.25) is 0 Å². The molecule has 1 heterocycles. The maximum absolute atomic E-state index is 12.2. The molecule has 124 valence electrons. The Balaban J connectivity index is 2.37. The number of carboxylic acid groups (broad SMARTS) is 1. The Morgan fingerprint density at radius 3 is 2.65 bits per heavy atom. The monoisotopic (exact) mass is 318 g/mol. The number of rotatable bonds is 6. The molecular formula is C17H22N2O4. The Kier molecular flexibility index (Phi) is 5.05. The van der Waals surface area contributed by atoms with Crippen LogP contribution in [0.15, 0.2) is 18.2 Å². The molecule has 0 aliphatic carbocycles. The summed E-state index contributed by atoms with van der Waals surface area (Å²) in [5, 5.41) is 12.4. The SMILES string of the molecule is COCCn1c(C)c(C)c2cc(C(=O)NC(C)C(=O)O)ccc21. The highest BCUT2D eigenvalue weighted by molar-refractivity contribution is 6.00. The largest absolute Gasteiger partial charge is 0.480 e. The van der Waals surface area contributed by atoms with E-state index in [0.717, 1.165) is 28.7 Å². The van der Waals surface area contributed by atoms with E-state index in [-0.39, 0.29) is 5.91 Å². The van der Waals surface area contributed by atoms with Gasteiger partial charge in [0, 0.05) is 35.8 Å². The summed E-state index contributed by atoms with van der Waals surface area (Å²) >= 11 is 0. The van der Waals surface area contributed by atoms with Gasteiger partial charge in [-0.05, 0) is 44.5 Å². The predicted molar refractivity (Wildman–Crippen MR) is 87.9 cm³/mol. The first-order chi connectivity index (χ1) is 10.9. The summed E-state index contributed by atoms with van der Waals surface area (Å²) in [5.41, 5.74) is 3.74. The molecule has 1 aromatic heterocycles. The van der Waals surface area contributed by atoms with Crippen LogP contribution in [0.2, 0.25) is 0 Å². The van der Waals surface area contributed by atoms with Crippen LogP contribution in [-0.4, -0.2) is 41.3 Å². The van der Waals surface area contributed by atoms with E-state index in [1.165, 1.54) is 6.92 Å². The van der Waals surface area contributed by atoms with Crippen LogP contribution in [0.1, 0.15) is 28.5 Å². The van der Waals surface area contributed by atoms with Crippen LogP contribution in [0, 0.1) is 13.8 Å². The van der Waals surface area contributed by atoms with Gasteiger partial charge in [0.1, 0.15) is 6.04 Å². The van der Waals surface area contributed by atoms with Crippen molar-refractivity contribution in [1.29, 1.82) is 0 Å². The Bertz CT molecular complexity index is 749. The smallest absolute Gasteiger partial charge is 0.325 e. The van der Waals surface area contributed by atoms with Gasteiger partial charge < -0.3 is 19.7 Å². The lowest BCUT2D eigenvalue weighted by atomic mass is 10.1. The lowest BCUT2D eigenvalue weighted by Crippen LogP contribution is -2.38. The first kappa shape index (κ1) is 17.0. The van der Waals surface area contributed by atoms with E-state index in [0.29, 0.717) is 12.2 Å². The van der Waals surface area contributed by atoms with Gasteiger partial charge in [-0.15, -0.1) is 0 Å². The molecule has 0 radical (unpaired) electrons. The summed E-state index contributed by atoms with van der Waals surface area (Å²) in [4.78, 5) is 23.0. The molecule has 2 rings (SSSR count). The molecule has 1 amide bonds. The van der Waals surface area contributed by atoms with Crippen molar-refractivity contribution in [2.75, 3.05) is 13.7 Å². The molecule has 0 aliphatic rings. The number of nitrogens with one attached hydrogen (secondary N) is 1. The summed E-state index contributed by atoms with van der Waals surface area (Å²) in [6.45, 7) is 6.85. The summed E-state index contributed by atoms with van der Waals surface area (Å²) < 4.78 is 7.31. The normalized spacial score (nSPS) is 12.3. The topological polar surface area (TPSA) is 80.6 Å². The lowest BCUT2D eigenvalue weighted by Gasteiger charge is -2.10. The molecule has 0 bridgehead atoms. The molecule has 6 nitrogen and oxygen atoms in total. The fourth-order valence-corrected chi connectivity index (χ4v) is 2.60. The molecule has 2 N–H and O–H groups in total. The van der Waals surface area contributed by atoms with Crippen LogP contribution in [0.25, 0.3) is 10.9 Å². The molecule has 0 spiro atoms. The summed E-state index contributed by atoms with van der Waals surface area (Å²) in [6.07, 6.45) is 0. The van der Waals surface area contributed by atoms with Gasteiger partial charge in [-0.3, -0.25) is 9.59 Å². The van der Waals surface area contributed by atoms with Crippen LogP contribution < -0.4 is 5.32 Å². The van der Waals surface area contributed by atoms with E-state index in [2.05, 4.69) is 9.88 Å². The minimum absolute atomic E-state index is 0.386. The van der Waals surface area contributed by atoms with Crippen molar-refractivity contribution >= 4 is 22.8 Å². The van der Waals surface area contributed by atoms with Crippen LogP contribution >= 0.6 is 0 Å². The molecule has 0 saturated carbocycles. The first-order valence-electron chi connectivity index (χ1n) is 7.48. The minimum Gasteiger partial charge on any atom is -0.480 e. The third-order valence-electron chi connectivity index (χ3n) is 4.14. The van der Waals surface area contributed by atoms with E-state index in [9.17, 15) is 9.59 Å². The number of carboxylic acids is 1. The first-order valence-corrected chi connectivity index (χ1v) is 7.48. The average molecular weight is 318 g/mol. The Morgan fingerprint density at radius 2 is 2.04 bits per heavy atom. The van der Waals surface area contributed by atoms with Crippen LogP contribution in [0.4, 0.5) is 0 Å². The Hall–Kier alpha value is -2.34. The van der Waals surface area contributed by atoms with Crippen molar-refractivity contribution in [3.63, 3.8) is 0 Å². The minimum atomic E-state index is -1.06. The molecule has 23 heavy (non-hydrogen) atoms. The number of hydrogen-bond donors (Lipinski definition) is 2. The van der Waals surface area contributed by atoms with E-state index in [1.807, 2.05) is 26.0 Å². The van der Waals surface area contributed by atoms with Crippen molar-refractivity contribution in [2.24, 2.45) is 0 Å². The van der Waals surface area contributed by atoms with Crippen molar-refractivity contribution in [1.82, 2.24) is 9.88 Å². The highest BCUT2D eigenvalue weighted by atomic mass is 16.5. The second kappa shape index (κ2) is 6.83. The second-order valence-electron chi connectivity index (χ2n) is 5.62. The fraction of sp³-hybridized carbons (Fsp3) is 0.412. The van der Waals surface area contributed by atoms with Gasteiger partial charge in [-0.2, -0.15) is 0 Å². The van der Waals surface area contributed by atoms with Gasteiger partial charge in [0.15, 0.2) is 0 Å². The molecule has 0 saturated heterocycles. The predicted octanol–water partition coefficient (Wildman–Crippen LogP) is 2.11. The maximum Gasteiger partial charge on any atom is 0.325 e. The van der Waals surface area contributed by atoms with E-state index in [4.69, 9.17) is 9.84 Å². The molecule has 1 unspecified atom stereocenters. The third-order valence-corrected chi connectivity index (χ3v) is 4.14. The zero-order valence-corrected chi connectivity index (χ0v) is 13.8. The highest BCUT2D eigenvalue weighted by Crippen LogP contribution is 2.26. The zero-order valence-electron chi connectivity index (χ0n) is 13.8. The maximum atomic E-state index is 12.2. The van der Waals surface area contributed by atoms with Crippen LogP contribution in [-0.2, 0) is 16.1 Å². The molecule has 0 aliphatic heterocycles. The van der Waals surface area contributed by atoms with Gasteiger partial charge in [0.05, 0.1) is 6.61 Å². The molecular weight excluding hydrogens is 296 g/mol. The Labute approximate surface area is 135 Å². The average Bonchev–Trinajstić information content (AvgIpc) is 2.76. The number of fused-ring (bicyclic) bond motifs is 1. The van der Waals surface area contributed by atoms with Crippen molar-refractivity contribution < 1.29 is 19.4 Å². The van der Waals surface area contributed by atoms with E-state index in [1.54, 1.807) is 13.2 Å². The van der Waals surface area contributed by atoms with Gasteiger partial charge in [-0.25, -0.2) is 0 Å².